The van der Waals surface area contributed by atoms with Crippen LogP contribution in [0.4, 0.5) is 0 Å². The Bertz CT molecular complexity index is 673. The third kappa shape index (κ3) is 2.22. The Morgan fingerprint density at radius 1 is 1.29 bits per heavy atom. The van der Waals surface area contributed by atoms with Crippen LogP contribution in [0.15, 0.2) is 15.1 Å². The lowest BCUT2D eigenvalue weighted by Crippen LogP contribution is -2.31. The van der Waals surface area contributed by atoms with Crippen LogP contribution in [0, 0.1) is 6.92 Å². The van der Waals surface area contributed by atoms with Gasteiger partial charge in [0.1, 0.15) is 5.76 Å². The quantitative estimate of drug-likeness (QED) is 0.860. The number of rotatable bonds is 3. The maximum Gasteiger partial charge on any atom is 0.276 e. The van der Waals surface area contributed by atoms with Gasteiger partial charge in [0.2, 0.25) is 5.89 Å². The topological polar surface area (TPSA) is 85.3 Å². The van der Waals surface area contributed by atoms with Crippen LogP contribution in [0.2, 0.25) is 0 Å². The van der Waals surface area contributed by atoms with Crippen molar-refractivity contribution in [2.75, 3.05) is 6.54 Å². The maximum absolute atomic E-state index is 12.6. The van der Waals surface area contributed by atoms with E-state index in [-0.39, 0.29) is 11.9 Å². The fourth-order valence-corrected chi connectivity index (χ4v) is 2.83. The first-order valence-electron chi connectivity index (χ1n) is 7.30. The summed E-state index contributed by atoms with van der Waals surface area (Å²) in [5.41, 5.74) is 0.379. The van der Waals surface area contributed by atoms with Gasteiger partial charge in [0.25, 0.3) is 5.91 Å². The molecule has 0 bridgehead atoms. The summed E-state index contributed by atoms with van der Waals surface area (Å²) in [7, 11) is 0. The monoisotopic (exact) mass is 288 g/mol. The van der Waals surface area contributed by atoms with Crippen LogP contribution in [-0.4, -0.2) is 32.6 Å². The highest BCUT2D eigenvalue weighted by molar-refractivity contribution is 5.92. The van der Waals surface area contributed by atoms with Gasteiger partial charge in [-0.25, -0.2) is 0 Å². The second-order valence-corrected chi connectivity index (χ2v) is 5.72. The van der Waals surface area contributed by atoms with Gasteiger partial charge in [-0.2, -0.15) is 4.98 Å². The van der Waals surface area contributed by atoms with Gasteiger partial charge in [-0.1, -0.05) is 10.3 Å². The van der Waals surface area contributed by atoms with Gasteiger partial charge in [-0.05, 0) is 25.7 Å². The van der Waals surface area contributed by atoms with E-state index in [4.69, 9.17) is 9.05 Å². The normalized spacial score (nSPS) is 22.0. The minimum Gasteiger partial charge on any atom is -0.360 e. The second kappa shape index (κ2) is 4.68. The first-order chi connectivity index (χ1) is 10.2. The Hall–Kier alpha value is -2.18. The predicted octanol–water partition coefficient (Wildman–Crippen LogP) is 2.22. The molecule has 2 aromatic heterocycles. The number of hydrogen-bond acceptors (Lipinski definition) is 6. The zero-order valence-corrected chi connectivity index (χ0v) is 11.8. The minimum absolute atomic E-state index is 0.115. The fourth-order valence-electron chi connectivity index (χ4n) is 2.83. The van der Waals surface area contributed by atoms with Crippen LogP contribution in [-0.2, 0) is 0 Å². The lowest BCUT2D eigenvalue weighted by atomic mass is 10.2. The van der Waals surface area contributed by atoms with Gasteiger partial charge in [0, 0.05) is 25.5 Å². The van der Waals surface area contributed by atoms with Gasteiger partial charge in [-0.15, -0.1) is 0 Å². The van der Waals surface area contributed by atoms with Crippen LogP contribution in [0.1, 0.15) is 65.6 Å². The third-order valence-electron chi connectivity index (χ3n) is 4.08. The summed E-state index contributed by atoms with van der Waals surface area (Å²) in [4.78, 5) is 18.6. The fraction of sp³-hybridized carbons (Fsp3) is 0.571. The summed E-state index contributed by atoms with van der Waals surface area (Å²) in [5.74, 6) is 2.25. The van der Waals surface area contributed by atoms with Crippen LogP contribution in [0.25, 0.3) is 0 Å². The first-order valence-corrected chi connectivity index (χ1v) is 7.30. The molecule has 0 spiro atoms. The van der Waals surface area contributed by atoms with E-state index < -0.39 is 0 Å². The molecular weight excluding hydrogens is 272 g/mol. The van der Waals surface area contributed by atoms with E-state index in [2.05, 4.69) is 15.3 Å². The lowest BCUT2D eigenvalue weighted by molar-refractivity contribution is 0.0717. The number of amides is 1. The van der Waals surface area contributed by atoms with Crippen molar-refractivity contribution in [1.29, 1.82) is 0 Å². The average Bonchev–Trinajstić information content (AvgIpc) is 2.94. The molecule has 1 unspecified atom stereocenters. The van der Waals surface area contributed by atoms with E-state index in [9.17, 15) is 4.79 Å². The molecule has 3 heterocycles. The number of aromatic nitrogens is 3. The van der Waals surface area contributed by atoms with E-state index in [1.165, 1.54) is 0 Å². The SMILES string of the molecule is Cc1nc(C2CCCN2C(=O)c2cc(C3CC3)on2)no1. The molecule has 2 aliphatic rings. The van der Waals surface area contributed by atoms with Crippen molar-refractivity contribution in [3.63, 3.8) is 0 Å². The molecule has 1 aliphatic heterocycles. The number of carbonyl (C=O) groups excluding carboxylic acids is 1. The molecule has 2 aromatic rings. The van der Waals surface area contributed by atoms with Crippen molar-refractivity contribution in [1.82, 2.24) is 20.2 Å². The van der Waals surface area contributed by atoms with Crippen LogP contribution < -0.4 is 0 Å². The summed E-state index contributed by atoms with van der Waals surface area (Å²) in [6.45, 7) is 2.43. The van der Waals surface area contributed by atoms with E-state index in [1.54, 1.807) is 17.9 Å². The van der Waals surface area contributed by atoms with Crippen LogP contribution >= 0.6 is 0 Å². The van der Waals surface area contributed by atoms with Gasteiger partial charge >= 0.3 is 0 Å². The van der Waals surface area contributed by atoms with Gasteiger partial charge in [0.05, 0.1) is 6.04 Å². The third-order valence-corrected chi connectivity index (χ3v) is 4.08. The highest BCUT2D eigenvalue weighted by Crippen LogP contribution is 2.40. The Balaban J connectivity index is 1.56. The maximum atomic E-state index is 12.6. The summed E-state index contributed by atoms with van der Waals surface area (Å²) in [6, 6.07) is 1.65. The Kier molecular flexibility index (Phi) is 2.80. The number of likely N-dealkylation sites (tertiary alicyclic amines) is 1. The molecule has 110 valence electrons. The molecule has 1 amide bonds. The summed E-state index contributed by atoms with van der Waals surface area (Å²) >= 11 is 0. The van der Waals surface area contributed by atoms with Gasteiger partial charge in [0.15, 0.2) is 11.5 Å². The summed E-state index contributed by atoms with van der Waals surface area (Å²) < 4.78 is 10.3. The van der Waals surface area contributed by atoms with E-state index in [0.29, 0.717) is 29.9 Å². The Morgan fingerprint density at radius 3 is 2.86 bits per heavy atom. The van der Waals surface area contributed by atoms with Crippen molar-refractivity contribution in [2.45, 2.75) is 44.6 Å². The average molecular weight is 288 g/mol. The molecule has 1 atom stereocenters. The number of hydrogen-bond donors (Lipinski definition) is 0. The minimum atomic E-state index is -0.129. The molecule has 4 rings (SSSR count). The standard InChI is InChI=1S/C14H16N4O3/c1-8-15-13(17-20-8)11-3-2-6-18(11)14(19)10-7-12(21-16-10)9-4-5-9/h7,9,11H,2-6H2,1H3. The highest BCUT2D eigenvalue weighted by atomic mass is 16.5. The van der Waals surface area contributed by atoms with Crippen molar-refractivity contribution in [2.24, 2.45) is 0 Å². The molecule has 21 heavy (non-hydrogen) atoms. The van der Waals surface area contributed by atoms with Crippen molar-refractivity contribution < 1.29 is 13.8 Å². The Morgan fingerprint density at radius 2 is 2.14 bits per heavy atom. The van der Waals surface area contributed by atoms with Gasteiger partial charge in [-0.3, -0.25) is 4.79 Å². The predicted molar refractivity (Wildman–Crippen MR) is 70.5 cm³/mol. The number of carbonyl (C=O) groups is 1. The molecule has 7 nitrogen and oxygen atoms in total. The summed E-state index contributed by atoms with van der Waals surface area (Å²) in [5, 5.41) is 7.87. The zero-order chi connectivity index (χ0) is 14.4. The lowest BCUT2D eigenvalue weighted by Gasteiger charge is -2.20. The molecule has 0 aromatic carbocycles. The molecular formula is C14H16N4O3. The van der Waals surface area contributed by atoms with E-state index in [1.807, 2.05) is 0 Å². The summed E-state index contributed by atoms with van der Waals surface area (Å²) in [6.07, 6.45) is 4.02. The highest BCUT2D eigenvalue weighted by Gasteiger charge is 2.36. The Labute approximate surface area is 121 Å². The van der Waals surface area contributed by atoms with E-state index in [0.717, 1.165) is 31.4 Å². The molecule has 0 N–H and O–H groups in total. The number of aryl methyl sites for hydroxylation is 1. The number of nitrogens with zero attached hydrogens (tertiary/aromatic N) is 4. The van der Waals surface area contributed by atoms with Gasteiger partial charge < -0.3 is 13.9 Å². The molecule has 2 fully saturated rings. The second-order valence-electron chi connectivity index (χ2n) is 5.72. The molecule has 1 saturated carbocycles. The van der Waals surface area contributed by atoms with Crippen LogP contribution in [0.5, 0.6) is 0 Å². The van der Waals surface area contributed by atoms with Crippen molar-refractivity contribution >= 4 is 5.91 Å². The van der Waals surface area contributed by atoms with E-state index >= 15 is 0 Å². The van der Waals surface area contributed by atoms with Crippen LogP contribution in [0.3, 0.4) is 0 Å². The molecule has 1 aliphatic carbocycles. The largest absolute Gasteiger partial charge is 0.360 e. The first kappa shape index (κ1) is 12.6. The zero-order valence-electron chi connectivity index (χ0n) is 11.8. The molecule has 0 radical (unpaired) electrons. The molecule has 1 saturated heterocycles. The smallest absolute Gasteiger partial charge is 0.276 e. The van der Waals surface area contributed by atoms with Crippen molar-refractivity contribution in [3.8, 4) is 0 Å². The molecule has 7 heteroatoms. The van der Waals surface area contributed by atoms with Crippen molar-refractivity contribution in [3.05, 3.63) is 29.2 Å².